The van der Waals surface area contributed by atoms with Crippen LogP contribution in [0.5, 0.6) is 0 Å². The number of aryl methyl sites for hydroxylation is 1. The van der Waals surface area contributed by atoms with E-state index in [1.807, 2.05) is 19.1 Å². The summed E-state index contributed by atoms with van der Waals surface area (Å²) in [5.74, 6) is 0. The second-order valence-electron chi connectivity index (χ2n) is 3.15. The van der Waals surface area contributed by atoms with E-state index in [-0.39, 0.29) is 6.61 Å². The molecule has 0 aromatic heterocycles. The molecule has 0 saturated carbocycles. The zero-order valence-corrected chi connectivity index (χ0v) is 10.2. The topological polar surface area (TPSA) is 44.0 Å². The van der Waals surface area contributed by atoms with Crippen molar-refractivity contribution in [1.82, 2.24) is 0 Å². The van der Waals surface area contributed by atoms with E-state index in [9.17, 15) is 0 Å². The van der Waals surface area contributed by atoms with Gasteiger partial charge < -0.3 is 5.11 Å². The van der Waals surface area contributed by atoms with E-state index in [2.05, 4.69) is 28.7 Å². The summed E-state index contributed by atoms with van der Waals surface area (Å²) < 4.78 is 0.848. The molecule has 0 aliphatic carbocycles. The van der Waals surface area contributed by atoms with E-state index in [0.717, 1.165) is 26.7 Å². The molecule has 0 atom stereocenters. The van der Waals surface area contributed by atoms with Crippen molar-refractivity contribution in [1.29, 1.82) is 5.26 Å². The minimum absolute atomic E-state index is 0.134. The average Bonchev–Trinajstić information content (AvgIpc) is 2.20. The first kappa shape index (κ1) is 11.5. The molecule has 1 aromatic carbocycles. The molecule has 0 radical (unpaired) electrons. The van der Waals surface area contributed by atoms with Crippen LogP contribution in [0.4, 0.5) is 0 Å². The van der Waals surface area contributed by atoms with Gasteiger partial charge >= 0.3 is 0 Å². The highest BCUT2D eigenvalue weighted by atomic mass is 127. The third-order valence-electron chi connectivity index (χ3n) is 2.21. The quantitative estimate of drug-likeness (QED) is 0.688. The van der Waals surface area contributed by atoms with E-state index in [4.69, 9.17) is 10.4 Å². The molecule has 0 bridgehead atoms. The summed E-state index contributed by atoms with van der Waals surface area (Å²) in [5.41, 5.74) is 4.03. The van der Waals surface area contributed by atoms with E-state index < -0.39 is 0 Å². The van der Waals surface area contributed by atoms with Crippen molar-refractivity contribution >= 4 is 22.6 Å². The molecular formula is C11H12INO. The van der Waals surface area contributed by atoms with Crippen LogP contribution in [0.25, 0.3) is 0 Å². The molecular weight excluding hydrogens is 289 g/mol. The first-order valence-electron chi connectivity index (χ1n) is 4.42. The lowest BCUT2D eigenvalue weighted by molar-refractivity contribution is 0.299. The molecule has 0 saturated heterocycles. The fourth-order valence-electron chi connectivity index (χ4n) is 1.42. The zero-order valence-electron chi connectivity index (χ0n) is 8.05. The second kappa shape index (κ2) is 5.32. The maximum Gasteiger partial charge on any atom is 0.0994 e. The lowest BCUT2D eigenvalue weighted by Gasteiger charge is -2.07. The van der Waals surface area contributed by atoms with E-state index >= 15 is 0 Å². The molecule has 3 heteroatoms. The zero-order chi connectivity index (χ0) is 10.6. The smallest absolute Gasteiger partial charge is 0.0994 e. The van der Waals surface area contributed by atoms with Crippen molar-refractivity contribution in [2.75, 3.05) is 6.61 Å². The van der Waals surface area contributed by atoms with Crippen molar-refractivity contribution in [3.63, 3.8) is 0 Å². The molecule has 0 aliphatic rings. The number of nitrogens with zero attached hydrogens (tertiary/aromatic N) is 1. The largest absolute Gasteiger partial charge is 0.396 e. The predicted octanol–water partition coefficient (Wildman–Crippen LogP) is 2.34. The van der Waals surface area contributed by atoms with Gasteiger partial charge in [0.1, 0.15) is 0 Å². The maximum atomic E-state index is 8.92. The van der Waals surface area contributed by atoms with E-state index in [1.54, 1.807) is 0 Å². The normalized spacial score (nSPS) is 9.86. The van der Waals surface area contributed by atoms with Gasteiger partial charge in [0.05, 0.1) is 11.6 Å². The Kier molecular flexibility index (Phi) is 4.36. The lowest BCUT2D eigenvalue weighted by atomic mass is 9.99. The highest BCUT2D eigenvalue weighted by molar-refractivity contribution is 14.1. The first-order chi connectivity index (χ1) is 6.72. The molecule has 2 nitrogen and oxygen atoms in total. The number of nitriles is 1. The van der Waals surface area contributed by atoms with Gasteiger partial charge in [-0.2, -0.15) is 5.26 Å². The number of aliphatic hydroxyl groups is 1. The Labute approximate surface area is 97.7 Å². The minimum atomic E-state index is 0.134. The Morgan fingerprint density at radius 3 is 2.64 bits per heavy atom. The number of hydrogen-bond donors (Lipinski definition) is 1. The molecule has 0 unspecified atom stereocenters. The van der Waals surface area contributed by atoms with Gasteiger partial charge in [-0.15, -0.1) is 0 Å². The van der Waals surface area contributed by atoms with Crippen molar-refractivity contribution in [2.45, 2.75) is 17.8 Å². The van der Waals surface area contributed by atoms with Gasteiger partial charge in [0.15, 0.2) is 0 Å². The highest BCUT2D eigenvalue weighted by Crippen LogP contribution is 2.19. The Bertz CT molecular complexity index is 368. The van der Waals surface area contributed by atoms with Gasteiger partial charge in [0, 0.05) is 11.0 Å². The minimum Gasteiger partial charge on any atom is -0.396 e. The molecule has 0 heterocycles. The molecule has 0 amide bonds. The van der Waals surface area contributed by atoms with Gasteiger partial charge in [0.2, 0.25) is 0 Å². The fraction of sp³-hybridized carbons (Fsp3) is 0.364. The van der Waals surface area contributed by atoms with Crippen LogP contribution in [0.1, 0.15) is 22.3 Å². The third kappa shape index (κ3) is 2.46. The number of halogens is 1. The van der Waals surface area contributed by atoms with Crippen LogP contribution in [-0.4, -0.2) is 11.7 Å². The van der Waals surface area contributed by atoms with E-state index in [1.165, 1.54) is 0 Å². The molecule has 0 fully saturated rings. The number of benzene rings is 1. The van der Waals surface area contributed by atoms with Crippen LogP contribution in [-0.2, 0) is 10.8 Å². The van der Waals surface area contributed by atoms with Crippen LogP contribution < -0.4 is 0 Å². The third-order valence-corrected chi connectivity index (χ3v) is 3.03. The summed E-state index contributed by atoms with van der Waals surface area (Å²) in [5, 5.41) is 17.8. The predicted molar refractivity (Wildman–Crippen MR) is 64.4 cm³/mol. The van der Waals surface area contributed by atoms with Crippen molar-refractivity contribution < 1.29 is 5.11 Å². The van der Waals surface area contributed by atoms with Crippen LogP contribution in [0.2, 0.25) is 0 Å². The summed E-state index contributed by atoms with van der Waals surface area (Å²) in [6.45, 7) is 2.15. The van der Waals surface area contributed by atoms with Crippen LogP contribution in [0, 0.1) is 18.3 Å². The van der Waals surface area contributed by atoms with Crippen molar-refractivity contribution in [3.05, 3.63) is 34.4 Å². The van der Waals surface area contributed by atoms with Crippen molar-refractivity contribution in [3.8, 4) is 6.07 Å². The van der Waals surface area contributed by atoms with Crippen LogP contribution in [0.3, 0.4) is 0 Å². The summed E-state index contributed by atoms with van der Waals surface area (Å²) in [6.07, 6.45) is 0.627. The fourth-order valence-corrected chi connectivity index (χ4v) is 2.05. The Morgan fingerprint density at radius 2 is 2.14 bits per heavy atom. The molecule has 1 rings (SSSR count). The molecule has 0 spiro atoms. The first-order valence-corrected chi connectivity index (χ1v) is 5.94. The Balaban J connectivity index is 3.18. The van der Waals surface area contributed by atoms with Gasteiger partial charge in [-0.25, -0.2) is 0 Å². The summed E-state index contributed by atoms with van der Waals surface area (Å²) in [6, 6.07) is 6.11. The van der Waals surface area contributed by atoms with Crippen LogP contribution in [0.15, 0.2) is 12.1 Å². The monoisotopic (exact) mass is 301 g/mol. The molecule has 74 valence electrons. The molecule has 1 N–H and O–H groups in total. The Morgan fingerprint density at radius 1 is 1.43 bits per heavy atom. The van der Waals surface area contributed by atoms with Gasteiger partial charge in [0.25, 0.3) is 0 Å². The highest BCUT2D eigenvalue weighted by Gasteiger charge is 2.05. The van der Waals surface area contributed by atoms with Crippen molar-refractivity contribution in [2.24, 2.45) is 0 Å². The number of rotatable bonds is 3. The number of hydrogen-bond acceptors (Lipinski definition) is 2. The molecule has 1 aromatic rings. The van der Waals surface area contributed by atoms with Gasteiger partial charge in [-0.3, -0.25) is 0 Å². The summed E-state index contributed by atoms with van der Waals surface area (Å²) in [4.78, 5) is 0. The molecule has 14 heavy (non-hydrogen) atoms. The van der Waals surface area contributed by atoms with Crippen LogP contribution >= 0.6 is 22.6 Å². The SMILES string of the molecule is Cc1cc(CI)c(C#N)cc1CCO. The second-order valence-corrected chi connectivity index (χ2v) is 3.92. The summed E-state index contributed by atoms with van der Waals surface area (Å²) in [7, 11) is 0. The summed E-state index contributed by atoms with van der Waals surface area (Å²) >= 11 is 2.25. The number of alkyl halides is 1. The van der Waals surface area contributed by atoms with Gasteiger partial charge in [-0.05, 0) is 36.1 Å². The lowest BCUT2D eigenvalue weighted by Crippen LogP contribution is -1.97. The molecule has 0 aliphatic heterocycles. The Hall–Kier alpha value is -0.600. The van der Waals surface area contributed by atoms with Gasteiger partial charge in [-0.1, -0.05) is 28.7 Å². The van der Waals surface area contributed by atoms with E-state index in [0.29, 0.717) is 6.42 Å². The average molecular weight is 301 g/mol. The number of aliphatic hydroxyl groups excluding tert-OH is 1. The maximum absolute atomic E-state index is 8.92. The standard InChI is InChI=1S/C11H12INO/c1-8-4-10(6-12)11(7-13)5-9(8)2-3-14/h4-5,14H,2-3,6H2,1H3.